The molecule has 1 saturated heterocycles. The van der Waals surface area contributed by atoms with Crippen LogP contribution in [0.3, 0.4) is 0 Å². The highest BCUT2D eigenvalue weighted by Gasteiger charge is 2.34. The highest BCUT2D eigenvalue weighted by molar-refractivity contribution is 7.87. The van der Waals surface area contributed by atoms with E-state index in [1.165, 1.54) is 0 Å². The minimum absolute atomic E-state index is 0.0981. The van der Waals surface area contributed by atoms with Gasteiger partial charge in [0.15, 0.2) is 0 Å². The number of hydrogen-bond acceptors (Lipinski definition) is 5. The normalized spacial score (nSPS) is 29.8. The van der Waals surface area contributed by atoms with Gasteiger partial charge in [-0.15, -0.1) is 0 Å². The van der Waals surface area contributed by atoms with E-state index in [9.17, 15) is 13.2 Å². The summed E-state index contributed by atoms with van der Waals surface area (Å²) in [5, 5.41) is 0. The molecule has 0 radical (unpaired) electrons. The summed E-state index contributed by atoms with van der Waals surface area (Å²) in [6.07, 6.45) is 0.223. The van der Waals surface area contributed by atoms with Crippen molar-refractivity contribution in [3.63, 3.8) is 0 Å². The summed E-state index contributed by atoms with van der Waals surface area (Å²) in [6, 6.07) is 0. The molecule has 10 heavy (non-hydrogen) atoms. The average molecular weight is 166 g/mol. The van der Waals surface area contributed by atoms with Crippen molar-refractivity contribution in [2.75, 3.05) is 6.61 Å². The minimum atomic E-state index is -3.60. The molecule has 0 aromatic carbocycles. The van der Waals surface area contributed by atoms with Gasteiger partial charge in [-0.3, -0.25) is 8.98 Å². The van der Waals surface area contributed by atoms with E-state index in [4.69, 9.17) is 0 Å². The van der Waals surface area contributed by atoms with Gasteiger partial charge in [-0.05, 0) is 0 Å². The molecule has 0 N–H and O–H groups in total. The lowest BCUT2D eigenvalue weighted by molar-refractivity contribution is -0.130. The van der Waals surface area contributed by atoms with E-state index < -0.39 is 15.6 Å². The summed E-state index contributed by atoms with van der Waals surface area (Å²) in [6.45, 7) is 0.206. The second-order valence-corrected chi connectivity index (χ2v) is 3.51. The van der Waals surface area contributed by atoms with Crippen LogP contribution in [0, 0.1) is 0 Å². The fourth-order valence-electron chi connectivity index (χ4n) is 0.679. The average Bonchev–Trinajstić information content (AvgIpc) is 2.13. The molecule has 1 unspecified atom stereocenters. The zero-order valence-corrected chi connectivity index (χ0v) is 5.83. The molecule has 0 saturated carbocycles. The maximum Gasteiger partial charge on any atom is 0.306 e. The van der Waals surface area contributed by atoms with Crippen molar-refractivity contribution in [1.82, 2.24) is 0 Å². The molecule has 58 valence electrons. The maximum atomic E-state index is 10.6. The van der Waals surface area contributed by atoms with E-state index in [0.717, 1.165) is 0 Å². The molecule has 0 aromatic heterocycles. The van der Waals surface area contributed by atoms with Crippen LogP contribution in [0.5, 0.6) is 0 Å². The van der Waals surface area contributed by atoms with Crippen molar-refractivity contribution in [3.8, 4) is 0 Å². The van der Waals surface area contributed by atoms with E-state index in [1.54, 1.807) is 0 Å². The van der Waals surface area contributed by atoms with Crippen LogP contribution in [-0.4, -0.2) is 26.9 Å². The maximum absolute atomic E-state index is 10.6. The highest BCUT2D eigenvalue weighted by atomic mass is 32.2. The first kappa shape index (κ1) is 7.49. The number of carbonyl (C=O) groups excluding carboxylic acids is 1. The fourth-order valence-corrected chi connectivity index (χ4v) is 1.73. The van der Waals surface area contributed by atoms with Crippen LogP contribution in [0.15, 0.2) is 0 Å². The zero-order chi connectivity index (χ0) is 7.61. The standard InChI is InChI=1S/C4H6O5S/c5-3-8-4-1-2-9-10(4,6)7/h3-4H,1-2H2. The van der Waals surface area contributed by atoms with Crippen LogP contribution < -0.4 is 0 Å². The second kappa shape index (κ2) is 2.55. The first-order valence-corrected chi connectivity index (χ1v) is 4.11. The van der Waals surface area contributed by atoms with Gasteiger partial charge in [0.25, 0.3) is 6.47 Å². The highest BCUT2D eigenvalue weighted by Crippen LogP contribution is 2.17. The molecule has 1 aliphatic rings. The number of rotatable bonds is 2. The summed E-state index contributed by atoms with van der Waals surface area (Å²) >= 11 is 0. The summed E-state index contributed by atoms with van der Waals surface area (Å²) in [5.74, 6) is 0. The first-order valence-electron chi connectivity index (χ1n) is 2.64. The SMILES string of the molecule is O=COC1CCOS1(=O)=O. The van der Waals surface area contributed by atoms with Crippen LogP contribution in [0.1, 0.15) is 6.42 Å². The molecule has 1 aliphatic heterocycles. The van der Waals surface area contributed by atoms with Crippen LogP contribution in [0.4, 0.5) is 0 Å². The van der Waals surface area contributed by atoms with Gasteiger partial charge >= 0.3 is 10.1 Å². The molecule has 0 amide bonds. The summed E-state index contributed by atoms with van der Waals surface area (Å²) < 4.78 is 29.8. The number of ether oxygens (including phenoxy) is 1. The van der Waals surface area contributed by atoms with E-state index in [2.05, 4.69) is 8.92 Å². The van der Waals surface area contributed by atoms with Crippen molar-refractivity contribution < 1.29 is 22.1 Å². The van der Waals surface area contributed by atoms with Crippen LogP contribution in [0.25, 0.3) is 0 Å². The van der Waals surface area contributed by atoms with Gasteiger partial charge in [0.1, 0.15) is 0 Å². The van der Waals surface area contributed by atoms with Gasteiger partial charge in [-0.1, -0.05) is 0 Å². The summed E-state index contributed by atoms with van der Waals surface area (Å²) in [4.78, 5) is 9.71. The third-order valence-electron chi connectivity index (χ3n) is 1.13. The molecule has 1 atom stereocenters. The Bertz CT molecular complexity index is 218. The molecule has 5 nitrogen and oxygen atoms in total. The van der Waals surface area contributed by atoms with Crippen molar-refractivity contribution in [1.29, 1.82) is 0 Å². The Morgan fingerprint density at radius 3 is 2.70 bits per heavy atom. The van der Waals surface area contributed by atoms with Crippen LogP contribution in [0.2, 0.25) is 0 Å². The molecule has 6 heteroatoms. The second-order valence-electron chi connectivity index (χ2n) is 1.77. The largest absolute Gasteiger partial charge is 0.445 e. The Kier molecular flexibility index (Phi) is 1.91. The van der Waals surface area contributed by atoms with E-state index in [1.807, 2.05) is 0 Å². The molecule has 1 rings (SSSR count). The van der Waals surface area contributed by atoms with E-state index >= 15 is 0 Å². The predicted molar refractivity (Wildman–Crippen MR) is 30.4 cm³/mol. The number of hydrogen-bond donors (Lipinski definition) is 0. The monoisotopic (exact) mass is 166 g/mol. The Balaban J connectivity index is 2.69. The van der Waals surface area contributed by atoms with Crippen molar-refractivity contribution in [2.24, 2.45) is 0 Å². The van der Waals surface area contributed by atoms with Gasteiger partial charge in [0, 0.05) is 6.42 Å². The van der Waals surface area contributed by atoms with Gasteiger partial charge in [0.2, 0.25) is 5.44 Å². The van der Waals surface area contributed by atoms with Gasteiger partial charge in [0.05, 0.1) is 6.61 Å². The minimum Gasteiger partial charge on any atom is -0.445 e. The molecular weight excluding hydrogens is 160 g/mol. The lowest BCUT2D eigenvalue weighted by Gasteiger charge is -2.02. The van der Waals surface area contributed by atoms with Gasteiger partial charge in [-0.2, -0.15) is 8.42 Å². The molecule has 0 aromatic rings. The molecule has 1 fully saturated rings. The number of carbonyl (C=O) groups is 1. The van der Waals surface area contributed by atoms with Crippen LogP contribution >= 0.6 is 0 Å². The molecular formula is C4H6O5S. The van der Waals surface area contributed by atoms with Gasteiger partial charge < -0.3 is 4.74 Å². The quantitative estimate of drug-likeness (QED) is 0.398. The molecule has 0 bridgehead atoms. The smallest absolute Gasteiger partial charge is 0.306 e. The van der Waals surface area contributed by atoms with Crippen molar-refractivity contribution >= 4 is 16.6 Å². The zero-order valence-electron chi connectivity index (χ0n) is 5.02. The van der Waals surface area contributed by atoms with Crippen LogP contribution in [-0.2, 0) is 23.8 Å². The molecule has 1 heterocycles. The third kappa shape index (κ3) is 1.27. The van der Waals surface area contributed by atoms with Crippen molar-refractivity contribution in [2.45, 2.75) is 11.9 Å². The molecule has 0 spiro atoms. The predicted octanol–water partition coefficient (Wildman–Crippen LogP) is -0.764. The Labute approximate surface area is 58.1 Å². The Morgan fingerprint density at radius 2 is 2.30 bits per heavy atom. The lowest BCUT2D eigenvalue weighted by Crippen LogP contribution is -2.17. The first-order chi connectivity index (χ1) is 4.67. The van der Waals surface area contributed by atoms with Gasteiger partial charge in [-0.25, -0.2) is 0 Å². The Morgan fingerprint density at radius 1 is 1.60 bits per heavy atom. The molecule has 0 aliphatic carbocycles. The topological polar surface area (TPSA) is 69.7 Å². The van der Waals surface area contributed by atoms with Crippen molar-refractivity contribution in [3.05, 3.63) is 0 Å². The van der Waals surface area contributed by atoms with E-state index in [-0.39, 0.29) is 19.5 Å². The van der Waals surface area contributed by atoms with E-state index in [0.29, 0.717) is 0 Å². The fraction of sp³-hybridized carbons (Fsp3) is 0.750. The summed E-state index contributed by atoms with van der Waals surface area (Å²) in [7, 11) is -3.60. The Hall–Kier alpha value is -0.620. The lowest BCUT2D eigenvalue weighted by atomic mass is 10.5. The third-order valence-corrected chi connectivity index (χ3v) is 2.62. The summed E-state index contributed by atoms with van der Waals surface area (Å²) in [5.41, 5.74) is -1.09.